The Labute approximate surface area is 95.8 Å². The first-order valence-electron chi connectivity index (χ1n) is 5.76. The van der Waals surface area contributed by atoms with Gasteiger partial charge in [-0.2, -0.15) is 0 Å². The van der Waals surface area contributed by atoms with Gasteiger partial charge < -0.3 is 20.1 Å². The van der Waals surface area contributed by atoms with Crippen molar-refractivity contribution in [3.05, 3.63) is 0 Å². The minimum atomic E-state index is -0.459. The fourth-order valence-corrected chi connectivity index (χ4v) is 2.29. The number of aliphatic hydroxyl groups is 1. The van der Waals surface area contributed by atoms with Crippen molar-refractivity contribution in [1.29, 1.82) is 0 Å². The van der Waals surface area contributed by atoms with Crippen molar-refractivity contribution in [3.63, 3.8) is 0 Å². The smallest absolute Gasteiger partial charge is 0.410 e. The van der Waals surface area contributed by atoms with Crippen LogP contribution in [0.3, 0.4) is 0 Å². The molecule has 2 fully saturated rings. The lowest BCUT2D eigenvalue weighted by molar-refractivity contribution is -0.00165. The molecule has 2 rings (SSSR count). The summed E-state index contributed by atoms with van der Waals surface area (Å²) in [6.07, 6.45) is -0.600. The van der Waals surface area contributed by atoms with Crippen molar-refractivity contribution in [2.45, 2.75) is 38.5 Å². The lowest BCUT2D eigenvalue weighted by Crippen LogP contribution is -2.52. The van der Waals surface area contributed by atoms with Gasteiger partial charge in [0.1, 0.15) is 5.60 Å². The van der Waals surface area contributed by atoms with Crippen molar-refractivity contribution in [1.82, 2.24) is 10.2 Å². The molecular formula is C11H20N2O3. The Hall–Kier alpha value is -0.810. The SMILES string of the molecule is CC(C)(C)OC(=O)N1C[C@@H]2CN[C@H](C1)C2O. The average Bonchev–Trinajstić information content (AvgIpc) is 2.38. The molecule has 1 unspecified atom stereocenters. The first-order valence-corrected chi connectivity index (χ1v) is 5.76. The van der Waals surface area contributed by atoms with Crippen LogP contribution in [0.15, 0.2) is 0 Å². The van der Waals surface area contributed by atoms with Crippen molar-refractivity contribution >= 4 is 6.09 Å². The summed E-state index contributed by atoms with van der Waals surface area (Å²) in [6.45, 7) is 7.47. The topological polar surface area (TPSA) is 61.8 Å². The highest BCUT2D eigenvalue weighted by Crippen LogP contribution is 2.24. The van der Waals surface area contributed by atoms with Gasteiger partial charge in [-0.05, 0) is 20.8 Å². The van der Waals surface area contributed by atoms with E-state index < -0.39 is 5.60 Å². The predicted octanol–water partition coefficient (Wildman–Crippen LogP) is 0.186. The molecule has 2 N–H and O–H groups in total. The lowest BCUT2D eigenvalue weighted by atomic mass is 9.97. The zero-order valence-corrected chi connectivity index (χ0v) is 10.1. The maximum Gasteiger partial charge on any atom is 0.410 e. The molecule has 5 heteroatoms. The van der Waals surface area contributed by atoms with E-state index in [0.29, 0.717) is 13.1 Å². The first kappa shape index (κ1) is 11.7. The number of ether oxygens (including phenoxy) is 1. The van der Waals surface area contributed by atoms with E-state index in [9.17, 15) is 9.90 Å². The normalized spacial score (nSPS) is 34.0. The van der Waals surface area contributed by atoms with Gasteiger partial charge in [0.05, 0.1) is 12.1 Å². The number of aliphatic hydroxyl groups excluding tert-OH is 1. The van der Waals surface area contributed by atoms with Crippen LogP contribution in [0.1, 0.15) is 20.8 Å². The van der Waals surface area contributed by atoms with Crippen LogP contribution in [0.2, 0.25) is 0 Å². The molecule has 2 aliphatic rings. The summed E-state index contributed by atoms with van der Waals surface area (Å²) < 4.78 is 5.31. The molecule has 0 saturated carbocycles. The minimum absolute atomic E-state index is 0.00580. The average molecular weight is 228 g/mol. The fourth-order valence-electron chi connectivity index (χ4n) is 2.29. The quantitative estimate of drug-likeness (QED) is 0.621. The van der Waals surface area contributed by atoms with Gasteiger partial charge in [-0.25, -0.2) is 4.79 Å². The molecule has 92 valence electrons. The molecule has 2 aliphatic heterocycles. The molecule has 1 amide bonds. The Balaban J connectivity index is 1.95. The monoisotopic (exact) mass is 228 g/mol. The van der Waals surface area contributed by atoms with Crippen LogP contribution in [0.5, 0.6) is 0 Å². The van der Waals surface area contributed by atoms with Gasteiger partial charge in [0, 0.05) is 25.6 Å². The van der Waals surface area contributed by atoms with Crippen LogP contribution in [-0.4, -0.2) is 53.5 Å². The lowest BCUT2D eigenvalue weighted by Gasteiger charge is -2.35. The molecule has 0 aromatic rings. The Bertz CT molecular complexity index is 273. The van der Waals surface area contributed by atoms with E-state index in [1.807, 2.05) is 20.8 Å². The number of carbonyl (C=O) groups excluding carboxylic acids is 1. The zero-order chi connectivity index (χ0) is 11.9. The molecule has 2 bridgehead atoms. The van der Waals surface area contributed by atoms with E-state index in [1.54, 1.807) is 4.90 Å². The van der Waals surface area contributed by atoms with Gasteiger partial charge in [0.25, 0.3) is 0 Å². The second-order valence-electron chi connectivity index (χ2n) is 5.65. The predicted molar refractivity (Wildman–Crippen MR) is 59.1 cm³/mol. The number of nitrogens with one attached hydrogen (secondary N) is 1. The van der Waals surface area contributed by atoms with Crippen molar-refractivity contribution < 1.29 is 14.6 Å². The number of rotatable bonds is 0. The van der Waals surface area contributed by atoms with Crippen LogP contribution in [-0.2, 0) is 4.74 Å². The highest BCUT2D eigenvalue weighted by molar-refractivity contribution is 5.68. The Kier molecular flexibility index (Phi) is 2.84. The number of likely N-dealkylation sites (tertiary alicyclic amines) is 1. The molecule has 16 heavy (non-hydrogen) atoms. The molecule has 0 aromatic carbocycles. The summed E-state index contributed by atoms with van der Waals surface area (Å²) in [5.41, 5.74) is -0.459. The van der Waals surface area contributed by atoms with Crippen LogP contribution in [0.4, 0.5) is 4.79 Å². The summed E-state index contributed by atoms with van der Waals surface area (Å²) in [5.74, 6) is 0.145. The van der Waals surface area contributed by atoms with E-state index in [-0.39, 0.29) is 24.2 Å². The van der Waals surface area contributed by atoms with E-state index >= 15 is 0 Å². The molecule has 0 aromatic heterocycles. The van der Waals surface area contributed by atoms with Gasteiger partial charge >= 0.3 is 6.09 Å². The van der Waals surface area contributed by atoms with Gasteiger partial charge in [-0.15, -0.1) is 0 Å². The Morgan fingerprint density at radius 2 is 2.12 bits per heavy atom. The number of fused-ring (bicyclic) bond motifs is 2. The number of nitrogens with zero attached hydrogens (tertiary/aromatic N) is 1. The van der Waals surface area contributed by atoms with E-state index in [0.717, 1.165) is 6.54 Å². The maximum absolute atomic E-state index is 11.8. The number of carbonyl (C=O) groups is 1. The zero-order valence-electron chi connectivity index (χ0n) is 10.1. The summed E-state index contributed by atoms with van der Waals surface area (Å²) in [7, 11) is 0. The van der Waals surface area contributed by atoms with Crippen molar-refractivity contribution in [2.24, 2.45) is 5.92 Å². The largest absolute Gasteiger partial charge is 0.444 e. The molecule has 0 aliphatic carbocycles. The van der Waals surface area contributed by atoms with Gasteiger partial charge in [-0.1, -0.05) is 0 Å². The second kappa shape index (κ2) is 3.89. The molecule has 5 nitrogen and oxygen atoms in total. The highest BCUT2D eigenvalue weighted by Gasteiger charge is 2.43. The van der Waals surface area contributed by atoms with Gasteiger partial charge in [-0.3, -0.25) is 0 Å². The number of amides is 1. The molecular weight excluding hydrogens is 208 g/mol. The van der Waals surface area contributed by atoms with Crippen molar-refractivity contribution in [3.8, 4) is 0 Å². The molecule has 2 saturated heterocycles. The molecule has 3 atom stereocenters. The minimum Gasteiger partial charge on any atom is -0.444 e. The van der Waals surface area contributed by atoms with E-state index in [4.69, 9.17) is 4.74 Å². The number of hydrogen-bond acceptors (Lipinski definition) is 4. The van der Waals surface area contributed by atoms with E-state index in [1.165, 1.54) is 0 Å². The fraction of sp³-hybridized carbons (Fsp3) is 0.909. The summed E-state index contributed by atoms with van der Waals surface area (Å²) in [5, 5.41) is 13.0. The van der Waals surface area contributed by atoms with Gasteiger partial charge in [0.2, 0.25) is 0 Å². The van der Waals surface area contributed by atoms with Crippen LogP contribution < -0.4 is 5.32 Å². The summed E-state index contributed by atoms with van der Waals surface area (Å²) >= 11 is 0. The van der Waals surface area contributed by atoms with Gasteiger partial charge in [0.15, 0.2) is 0 Å². The summed E-state index contributed by atoms with van der Waals surface area (Å²) in [6, 6.07) is 0.00580. The van der Waals surface area contributed by atoms with E-state index in [2.05, 4.69) is 5.32 Å². The van der Waals surface area contributed by atoms with Crippen LogP contribution >= 0.6 is 0 Å². The number of hydrogen-bond donors (Lipinski definition) is 2. The third kappa shape index (κ3) is 2.30. The molecule has 0 spiro atoms. The van der Waals surface area contributed by atoms with Crippen LogP contribution in [0, 0.1) is 5.92 Å². The summed E-state index contributed by atoms with van der Waals surface area (Å²) in [4.78, 5) is 13.5. The first-order chi connectivity index (χ1) is 7.37. The highest BCUT2D eigenvalue weighted by atomic mass is 16.6. The standard InChI is InChI=1S/C11H20N2O3/c1-11(2,3)16-10(15)13-5-7-4-12-8(6-13)9(7)14/h7-9,12,14H,4-6H2,1-3H3/t7-,8+,9?/m0/s1. The Morgan fingerprint density at radius 1 is 1.44 bits per heavy atom. The maximum atomic E-state index is 11.8. The number of piperidine rings is 1. The Morgan fingerprint density at radius 3 is 2.69 bits per heavy atom. The van der Waals surface area contributed by atoms with Crippen molar-refractivity contribution in [2.75, 3.05) is 19.6 Å². The molecule has 2 heterocycles. The third-order valence-corrected chi connectivity index (χ3v) is 3.06. The van der Waals surface area contributed by atoms with Crippen LogP contribution in [0.25, 0.3) is 0 Å². The molecule has 0 radical (unpaired) electrons. The third-order valence-electron chi connectivity index (χ3n) is 3.06. The second-order valence-corrected chi connectivity index (χ2v) is 5.65.